The molecule has 1 aliphatic rings. The van der Waals surface area contributed by atoms with Crippen LogP contribution in [0.2, 0.25) is 0 Å². The van der Waals surface area contributed by atoms with Gasteiger partial charge in [-0.15, -0.1) is 0 Å². The summed E-state index contributed by atoms with van der Waals surface area (Å²) in [6, 6.07) is 18.1. The van der Waals surface area contributed by atoms with Crippen LogP contribution in [0.4, 0.5) is 11.4 Å². The Morgan fingerprint density at radius 3 is 1.70 bits per heavy atom. The number of anilines is 2. The first-order chi connectivity index (χ1) is 15.8. The van der Waals surface area contributed by atoms with Crippen molar-refractivity contribution in [2.75, 3.05) is 17.2 Å². The van der Waals surface area contributed by atoms with E-state index in [1.165, 1.54) is 60.7 Å². The first-order valence-corrected chi connectivity index (χ1v) is 9.83. The number of carboxylic acid groups (broad SMARTS) is 1. The van der Waals surface area contributed by atoms with Crippen LogP contribution in [0.3, 0.4) is 0 Å². The van der Waals surface area contributed by atoms with Gasteiger partial charge in [0, 0.05) is 16.9 Å². The van der Waals surface area contributed by atoms with Gasteiger partial charge in [0.2, 0.25) is 5.91 Å². The summed E-state index contributed by atoms with van der Waals surface area (Å²) in [5.41, 5.74) is 1.78. The van der Waals surface area contributed by atoms with Gasteiger partial charge in [0.25, 0.3) is 17.7 Å². The second kappa shape index (κ2) is 8.75. The molecule has 0 unspecified atom stereocenters. The molecule has 4 amide bonds. The molecular formula is C24H17N3O6. The van der Waals surface area contributed by atoms with Gasteiger partial charge in [-0.2, -0.15) is 0 Å². The van der Waals surface area contributed by atoms with Crippen molar-refractivity contribution in [3.05, 3.63) is 95.1 Å². The topological polar surface area (TPSA) is 133 Å². The molecule has 0 aromatic heterocycles. The van der Waals surface area contributed by atoms with E-state index in [2.05, 4.69) is 10.6 Å². The number of carbonyl (C=O) groups excluding carboxylic acids is 4. The Labute approximate surface area is 187 Å². The summed E-state index contributed by atoms with van der Waals surface area (Å²) in [5, 5.41) is 14.2. The SMILES string of the molecule is O=C(CN1C(=O)c2ccccc2C1=O)Nc1ccc(C(=O)Nc2ccc(C(=O)O)cc2)cc1. The van der Waals surface area contributed by atoms with Gasteiger partial charge >= 0.3 is 5.97 Å². The molecule has 3 aromatic carbocycles. The van der Waals surface area contributed by atoms with Gasteiger partial charge in [0.05, 0.1) is 16.7 Å². The molecule has 1 heterocycles. The number of aromatic carboxylic acids is 1. The van der Waals surface area contributed by atoms with Crippen LogP contribution in [0.5, 0.6) is 0 Å². The minimum atomic E-state index is -1.06. The molecule has 9 nitrogen and oxygen atoms in total. The maximum atomic E-state index is 12.4. The highest BCUT2D eigenvalue weighted by atomic mass is 16.4. The zero-order chi connectivity index (χ0) is 23.5. The lowest BCUT2D eigenvalue weighted by Crippen LogP contribution is -2.37. The Bertz CT molecular complexity index is 1250. The summed E-state index contributed by atoms with van der Waals surface area (Å²) >= 11 is 0. The van der Waals surface area contributed by atoms with Crippen LogP contribution in [0.1, 0.15) is 41.4 Å². The van der Waals surface area contributed by atoms with Crippen molar-refractivity contribution in [3.8, 4) is 0 Å². The molecule has 3 aromatic rings. The number of nitrogens with one attached hydrogen (secondary N) is 2. The molecule has 0 atom stereocenters. The number of benzene rings is 3. The molecule has 0 aliphatic carbocycles. The summed E-state index contributed by atoms with van der Waals surface area (Å²) in [7, 11) is 0. The minimum Gasteiger partial charge on any atom is -0.478 e. The van der Waals surface area contributed by atoms with Gasteiger partial charge in [-0.1, -0.05) is 12.1 Å². The maximum Gasteiger partial charge on any atom is 0.335 e. The van der Waals surface area contributed by atoms with Crippen molar-refractivity contribution in [2.45, 2.75) is 0 Å². The second-order valence-electron chi connectivity index (χ2n) is 7.20. The summed E-state index contributed by atoms with van der Waals surface area (Å²) in [5.74, 6) is -3.07. The smallest absolute Gasteiger partial charge is 0.335 e. The van der Waals surface area contributed by atoms with E-state index in [0.717, 1.165) is 4.90 Å². The van der Waals surface area contributed by atoms with E-state index >= 15 is 0 Å². The number of imide groups is 1. The van der Waals surface area contributed by atoms with E-state index in [1.54, 1.807) is 12.1 Å². The number of amides is 4. The molecule has 0 saturated heterocycles. The number of fused-ring (bicyclic) bond motifs is 1. The van der Waals surface area contributed by atoms with E-state index in [-0.39, 0.29) is 16.7 Å². The van der Waals surface area contributed by atoms with Crippen LogP contribution >= 0.6 is 0 Å². The molecule has 33 heavy (non-hydrogen) atoms. The van der Waals surface area contributed by atoms with E-state index < -0.39 is 36.1 Å². The number of nitrogens with zero attached hydrogens (tertiary/aromatic N) is 1. The largest absolute Gasteiger partial charge is 0.478 e. The van der Waals surface area contributed by atoms with Gasteiger partial charge in [-0.05, 0) is 60.7 Å². The van der Waals surface area contributed by atoms with Crippen LogP contribution in [0.25, 0.3) is 0 Å². The van der Waals surface area contributed by atoms with E-state index in [0.29, 0.717) is 16.9 Å². The second-order valence-corrected chi connectivity index (χ2v) is 7.20. The Balaban J connectivity index is 1.35. The van der Waals surface area contributed by atoms with Gasteiger partial charge in [0.15, 0.2) is 0 Å². The first-order valence-electron chi connectivity index (χ1n) is 9.83. The molecule has 4 rings (SSSR count). The average Bonchev–Trinajstić information content (AvgIpc) is 3.05. The summed E-state index contributed by atoms with van der Waals surface area (Å²) in [6.45, 7) is -0.430. The predicted octanol–water partition coefficient (Wildman–Crippen LogP) is 2.87. The molecule has 164 valence electrons. The number of hydrogen-bond acceptors (Lipinski definition) is 5. The minimum absolute atomic E-state index is 0.106. The van der Waals surface area contributed by atoms with Gasteiger partial charge in [-0.3, -0.25) is 24.1 Å². The van der Waals surface area contributed by atoms with Crippen molar-refractivity contribution in [2.24, 2.45) is 0 Å². The number of carboxylic acids is 1. The highest BCUT2D eigenvalue weighted by Crippen LogP contribution is 2.22. The Kier molecular flexibility index (Phi) is 5.69. The predicted molar refractivity (Wildman–Crippen MR) is 118 cm³/mol. The van der Waals surface area contributed by atoms with Crippen molar-refractivity contribution >= 4 is 41.0 Å². The normalized spacial score (nSPS) is 12.3. The lowest BCUT2D eigenvalue weighted by molar-refractivity contribution is -0.116. The van der Waals surface area contributed by atoms with Crippen LogP contribution in [-0.4, -0.2) is 46.1 Å². The maximum absolute atomic E-state index is 12.4. The fourth-order valence-corrected chi connectivity index (χ4v) is 3.33. The van der Waals surface area contributed by atoms with Crippen molar-refractivity contribution in [3.63, 3.8) is 0 Å². The van der Waals surface area contributed by atoms with Gasteiger partial charge in [0.1, 0.15) is 6.54 Å². The van der Waals surface area contributed by atoms with E-state index in [1.807, 2.05) is 0 Å². The fraction of sp³-hybridized carbons (Fsp3) is 0.0417. The average molecular weight is 443 g/mol. The molecule has 9 heteroatoms. The fourth-order valence-electron chi connectivity index (χ4n) is 3.33. The van der Waals surface area contributed by atoms with Crippen LogP contribution in [0, 0.1) is 0 Å². The third kappa shape index (κ3) is 4.47. The highest BCUT2D eigenvalue weighted by Gasteiger charge is 2.36. The Morgan fingerprint density at radius 2 is 1.18 bits per heavy atom. The zero-order valence-corrected chi connectivity index (χ0v) is 17.1. The first kappa shape index (κ1) is 21.4. The summed E-state index contributed by atoms with van der Waals surface area (Å²) in [4.78, 5) is 61.3. The molecule has 0 radical (unpaired) electrons. The third-order valence-electron chi connectivity index (χ3n) is 5.00. The summed E-state index contributed by atoms with van der Waals surface area (Å²) in [6.07, 6.45) is 0. The van der Waals surface area contributed by atoms with Crippen molar-refractivity contribution in [1.29, 1.82) is 0 Å². The van der Waals surface area contributed by atoms with Crippen molar-refractivity contribution in [1.82, 2.24) is 4.90 Å². The Hall–Kier alpha value is -4.79. The Morgan fingerprint density at radius 1 is 0.697 bits per heavy atom. The number of carbonyl (C=O) groups is 5. The molecule has 0 saturated carbocycles. The summed E-state index contributed by atoms with van der Waals surface area (Å²) < 4.78 is 0. The molecule has 1 aliphatic heterocycles. The molecule has 0 bridgehead atoms. The lowest BCUT2D eigenvalue weighted by Gasteiger charge is -2.14. The third-order valence-corrected chi connectivity index (χ3v) is 5.00. The number of hydrogen-bond donors (Lipinski definition) is 3. The van der Waals surface area contributed by atoms with E-state index in [9.17, 15) is 24.0 Å². The van der Waals surface area contributed by atoms with Crippen LogP contribution in [0.15, 0.2) is 72.8 Å². The van der Waals surface area contributed by atoms with Gasteiger partial charge in [-0.25, -0.2) is 4.79 Å². The van der Waals surface area contributed by atoms with Crippen LogP contribution < -0.4 is 10.6 Å². The molecular weight excluding hydrogens is 426 g/mol. The highest BCUT2D eigenvalue weighted by molar-refractivity contribution is 6.22. The quantitative estimate of drug-likeness (QED) is 0.502. The van der Waals surface area contributed by atoms with Gasteiger partial charge < -0.3 is 15.7 Å². The monoisotopic (exact) mass is 443 g/mol. The zero-order valence-electron chi connectivity index (χ0n) is 17.1. The molecule has 0 fully saturated rings. The molecule has 3 N–H and O–H groups in total. The number of rotatable bonds is 6. The van der Waals surface area contributed by atoms with Crippen LogP contribution in [-0.2, 0) is 4.79 Å². The van der Waals surface area contributed by atoms with E-state index in [4.69, 9.17) is 5.11 Å². The molecule has 0 spiro atoms. The standard InChI is InChI=1S/C24H17N3O6/c28-20(13-27-22(30)18-3-1-2-4-19(18)23(27)31)25-16-9-5-14(6-10-16)21(29)26-17-11-7-15(8-12-17)24(32)33/h1-12H,13H2,(H,25,28)(H,26,29)(H,32,33). The van der Waals surface area contributed by atoms with Crippen molar-refractivity contribution < 1.29 is 29.1 Å². The lowest BCUT2D eigenvalue weighted by atomic mass is 10.1.